The number of nitriles is 1. The van der Waals surface area contributed by atoms with Gasteiger partial charge in [-0.3, -0.25) is 4.79 Å². The molecule has 1 aliphatic rings. The molecule has 1 fully saturated rings. The van der Waals surface area contributed by atoms with Gasteiger partial charge >= 0.3 is 0 Å². The third kappa shape index (κ3) is 2.81. The first kappa shape index (κ1) is 14.5. The van der Waals surface area contributed by atoms with Gasteiger partial charge in [0.1, 0.15) is 11.9 Å². The van der Waals surface area contributed by atoms with E-state index in [1.165, 1.54) is 12.1 Å². The molecule has 4 nitrogen and oxygen atoms in total. The van der Waals surface area contributed by atoms with Crippen molar-refractivity contribution >= 4 is 11.6 Å². The Morgan fingerprint density at radius 2 is 2.10 bits per heavy atom. The number of nitrogens with two attached hydrogens (primary N) is 1. The molecule has 0 spiro atoms. The molecule has 1 aliphatic carbocycles. The fourth-order valence-electron chi connectivity index (χ4n) is 2.73. The van der Waals surface area contributed by atoms with Gasteiger partial charge in [0, 0.05) is 6.54 Å². The van der Waals surface area contributed by atoms with Gasteiger partial charge in [-0.1, -0.05) is 19.3 Å². The molecule has 1 saturated carbocycles. The van der Waals surface area contributed by atoms with Crippen molar-refractivity contribution in [3.8, 4) is 6.07 Å². The average molecular weight is 275 g/mol. The summed E-state index contributed by atoms with van der Waals surface area (Å²) >= 11 is 0. The fourth-order valence-corrected chi connectivity index (χ4v) is 2.73. The predicted molar refractivity (Wildman–Crippen MR) is 74.3 cm³/mol. The van der Waals surface area contributed by atoms with Crippen LogP contribution >= 0.6 is 0 Å². The molecular weight excluding hydrogens is 257 g/mol. The highest BCUT2D eigenvalue weighted by Gasteiger charge is 2.38. The van der Waals surface area contributed by atoms with Gasteiger partial charge in [-0.25, -0.2) is 4.39 Å². The minimum Gasteiger partial charge on any atom is -0.329 e. The quantitative estimate of drug-likeness (QED) is 0.889. The van der Waals surface area contributed by atoms with Gasteiger partial charge in [-0.05, 0) is 31.0 Å². The van der Waals surface area contributed by atoms with Crippen LogP contribution in [0.25, 0.3) is 0 Å². The molecule has 0 aliphatic heterocycles. The maximum Gasteiger partial charge on any atom is 0.231 e. The van der Waals surface area contributed by atoms with E-state index in [9.17, 15) is 9.18 Å². The molecular formula is C15H18FN3O. The Morgan fingerprint density at radius 3 is 2.70 bits per heavy atom. The Bertz CT molecular complexity index is 545. The number of rotatable bonds is 3. The summed E-state index contributed by atoms with van der Waals surface area (Å²) < 4.78 is 13.1. The molecule has 0 bridgehead atoms. The fraction of sp³-hybridized carbons (Fsp3) is 0.467. The molecule has 1 aromatic carbocycles. The van der Waals surface area contributed by atoms with Crippen molar-refractivity contribution < 1.29 is 9.18 Å². The van der Waals surface area contributed by atoms with Crippen molar-refractivity contribution in [3.63, 3.8) is 0 Å². The van der Waals surface area contributed by atoms with Gasteiger partial charge in [0.25, 0.3) is 0 Å². The van der Waals surface area contributed by atoms with Crippen LogP contribution in [-0.2, 0) is 4.79 Å². The number of hydrogen-bond donors (Lipinski definition) is 2. The molecule has 106 valence electrons. The number of nitrogens with zero attached hydrogens (tertiary/aromatic N) is 1. The van der Waals surface area contributed by atoms with E-state index in [0.29, 0.717) is 12.2 Å². The molecule has 0 saturated heterocycles. The van der Waals surface area contributed by atoms with Crippen LogP contribution in [0.5, 0.6) is 0 Å². The lowest BCUT2D eigenvalue weighted by Crippen LogP contribution is -2.43. The van der Waals surface area contributed by atoms with E-state index in [1.54, 1.807) is 0 Å². The van der Waals surface area contributed by atoms with E-state index in [-0.39, 0.29) is 11.5 Å². The summed E-state index contributed by atoms with van der Waals surface area (Å²) in [6.45, 7) is 0.294. The number of nitrogens with one attached hydrogen (secondary N) is 1. The molecule has 3 N–H and O–H groups in total. The Kier molecular flexibility index (Phi) is 4.35. The molecule has 5 heteroatoms. The number of amides is 1. The summed E-state index contributed by atoms with van der Waals surface area (Å²) in [4.78, 5) is 12.5. The second-order valence-corrected chi connectivity index (χ2v) is 5.30. The Labute approximate surface area is 117 Å². The van der Waals surface area contributed by atoms with E-state index in [1.807, 2.05) is 6.07 Å². The third-order valence-corrected chi connectivity index (χ3v) is 4.03. The number of hydrogen-bond acceptors (Lipinski definition) is 3. The first-order chi connectivity index (χ1) is 9.61. The topological polar surface area (TPSA) is 78.9 Å². The zero-order valence-electron chi connectivity index (χ0n) is 11.3. The third-order valence-electron chi connectivity index (χ3n) is 4.03. The molecule has 2 rings (SSSR count). The van der Waals surface area contributed by atoms with Crippen molar-refractivity contribution in [2.24, 2.45) is 11.1 Å². The molecule has 0 unspecified atom stereocenters. The molecule has 1 aromatic rings. The maximum atomic E-state index is 13.1. The highest BCUT2D eigenvalue weighted by atomic mass is 19.1. The second kappa shape index (κ2) is 6.02. The molecule has 20 heavy (non-hydrogen) atoms. The van der Waals surface area contributed by atoms with Crippen LogP contribution < -0.4 is 11.1 Å². The highest BCUT2D eigenvalue weighted by molar-refractivity contribution is 5.96. The van der Waals surface area contributed by atoms with Crippen LogP contribution in [0.3, 0.4) is 0 Å². The Morgan fingerprint density at radius 1 is 1.40 bits per heavy atom. The second-order valence-electron chi connectivity index (χ2n) is 5.30. The SMILES string of the molecule is N#Cc1cc(F)ccc1NC(=O)C1(CN)CCCCC1. The van der Waals surface area contributed by atoms with E-state index in [4.69, 9.17) is 11.0 Å². The first-order valence-electron chi connectivity index (χ1n) is 6.82. The number of benzene rings is 1. The first-order valence-corrected chi connectivity index (χ1v) is 6.82. The van der Waals surface area contributed by atoms with Gasteiger partial charge in [0.15, 0.2) is 0 Å². The lowest BCUT2D eigenvalue weighted by atomic mass is 9.73. The maximum absolute atomic E-state index is 13.1. The summed E-state index contributed by atoms with van der Waals surface area (Å²) in [7, 11) is 0. The van der Waals surface area contributed by atoms with E-state index < -0.39 is 11.2 Å². The van der Waals surface area contributed by atoms with Crippen LogP contribution in [0.2, 0.25) is 0 Å². The van der Waals surface area contributed by atoms with Gasteiger partial charge in [0.2, 0.25) is 5.91 Å². The van der Waals surface area contributed by atoms with E-state index in [2.05, 4.69) is 5.32 Å². The lowest BCUT2D eigenvalue weighted by molar-refractivity contribution is -0.126. The Balaban J connectivity index is 2.21. The molecule has 0 atom stereocenters. The summed E-state index contributed by atoms with van der Waals surface area (Å²) in [6.07, 6.45) is 4.62. The lowest BCUT2D eigenvalue weighted by Gasteiger charge is -2.34. The Hall–Kier alpha value is -1.93. The number of halogens is 1. The van der Waals surface area contributed by atoms with Crippen molar-refractivity contribution in [3.05, 3.63) is 29.6 Å². The van der Waals surface area contributed by atoms with Crippen LogP contribution in [0.4, 0.5) is 10.1 Å². The summed E-state index contributed by atoms with van der Waals surface area (Å²) in [5, 5.41) is 11.7. The molecule has 0 aromatic heterocycles. The average Bonchev–Trinajstić information content (AvgIpc) is 2.49. The van der Waals surface area contributed by atoms with Crippen LogP contribution in [0.15, 0.2) is 18.2 Å². The normalized spacial score (nSPS) is 17.2. The molecule has 0 radical (unpaired) electrons. The van der Waals surface area contributed by atoms with Crippen LogP contribution in [-0.4, -0.2) is 12.5 Å². The van der Waals surface area contributed by atoms with Crippen molar-refractivity contribution in [2.75, 3.05) is 11.9 Å². The van der Waals surface area contributed by atoms with E-state index >= 15 is 0 Å². The number of anilines is 1. The van der Waals surface area contributed by atoms with Crippen molar-refractivity contribution in [1.29, 1.82) is 5.26 Å². The highest BCUT2D eigenvalue weighted by Crippen LogP contribution is 2.36. The zero-order chi connectivity index (χ0) is 14.6. The minimum atomic E-state index is -0.556. The standard InChI is InChI=1S/C15H18FN3O/c16-12-4-5-13(11(8-12)9-17)19-14(20)15(10-18)6-2-1-3-7-15/h4-5,8H,1-3,6-7,10,18H2,(H,19,20). The summed E-state index contributed by atoms with van der Waals surface area (Å²) in [5.74, 6) is -0.659. The zero-order valence-corrected chi connectivity index (χ0v) is 11.3. The van der Waals surface area contributed by atoms with Gasteiger partial charge in [-0.2, -0.15) is 5.26 Å². The monoisotopic (exact) mass is 275 g/mol. The van der Waals surface area contributed by atoms with Gasteiger partial charge in [-0.15, -0.1) is 0 Å². The van der Waals surface area contributed by atoms with Crippen LogP contribution in [0.1, 0.15) is 37.7 Å². The number of carbonyl (C=O) groups excluding carboxylic acids is 1. The summed E-state index contributed by atoms with van der Waals surface area (Å²) in [6, 6.07) is 5.65. The number of carbonyl (C=O) groups is 1. The molecule has 0 heterocycles. The van der Waals surface area contributed by atoms with Crippen molar-refractivity contribution in [2.45, 2.75) is 32.1 Å². The van der Waals surface area contributed by atoms with E-state index in [0.717, 1.165) is 38.2 Å². The smallest absolute Gasteiger partial charge is 0.231 e. The molecule has 1 amide bonds. The van der Waals surface area contributed by atoms with Gasteiger partial charge in [0.05, 0.1) is 16.7 Å². The summed E-state index contributed by atoms with van der Waals surface area (Å²) in [5.41, 5.74) is 5.72. The largest absolute Gasteiger partial charge is 0.329 e. The van der Waals surface area contributed by atoms with Crippen molar-refractivity contribution in [1.82, 2.24) is 0 Å². The minimum absolute atomic E-state index is 0.126. The predicted octanol–water partition coefficient (Wildman–Crippen LogP) is 2.55. The van der Waals surface area contributed by atoms with Crippen LogP contribution in [0, 0.1) is 22.6 Å². The van der Waals surface area contributed by atoms with Gasteiger partial charge < -0.3 is 11.1 Å².